The summed E-state index contributed by atoms with van der Waals surface area (Å²) in [5, 5.41) is 2.55. The fourth-order valence-corrected chi connectivity index (χ4v) is 1.24. The normalized spacial score (nSPS) is 12.4. The molecule has 0 spiro atoms. The second kappa shape index (κ2) is 5.81. The van der Waals surface area contributed by atoms with E-state index in [-0.39, 0.29) is 5.84 Å². The number of nitrogens with one attached hydrogen (secondary N) is 1. The highest BCUT2D eigenvalue weighted by atomic mass is 79.9. The zero-order chi connectivity index (χ0) is 12.9. The Hall–Kier alpha value is -1.37. The summed E-state index contributed by atoms with van der Waals surface area (Å²) >= 11 is 3.13. The Bertz CT molecular complexity index is 412. The summed E-state index contributed by atoms with van der Waals surface area (Å²) in [6.07, 6.45) is -1.66. The summed E-state index contributed by atoms with van der Waals surface area (Å²) < 4.78 is 36.7. The molecule has 7 heteroatoms. The van der Waals surface area contributed by atoms with Crippen LogP contribution in [-0.2, 0) is 0 Å². The van der Waals surface area contributed by atoms with Crippen molar-refractivity contribution in [3.05, 3.63) is 41.3 Å². The summed E-state index contributed by atoms with van der Waals surface area (Å²) in [5.41, 5.74) is 0.456. The Balaban J connectivity index is 2.92. The van der Waals surface area contributed by atoms with E-state index in [0.717, 1.165) is 0 Å². The summed E-state index contributed by atoms with van der Waals surface area (Å²) in [4.78, 5) is 7.35. The van der Waals surface area contributed by atoms with Crippen molar-refractivity contribution in [3.63, 3.8) is 0 Å². The fourth-order valence-electron chi connectivity index (χ4n) is 1.00. The number of alkyl halides is 3. The minimum Gasteiger partial charge on any atom is -0.347 e. The van der Waals surface area contributed by atoms with Crippen LogP contribution in [0.3, 0.4) is 0 Å². The fraction of sp³-hybridized carbons (Fsp3) is 0.200. The molecule has 0 bridgehead atoms. The van der Waals surface area contributed by atoms with Gasteiger partial charge in [0, 0.05) is 11.8 Å². The van der Waals surface area contributed by atoms with Gasteiger partial charge in [0.1, 0.15) is 17.0 Å². The van der Waals surface area contributed by atoms with Crippen molar-refractivity contribution in [2.45, 2.75) is 6.18 Å². The van der Waals surface area contributed by atoms with E-state index < -0.39 is 12.7 Å². The van der Waals surface area contributed by atoms with Crippen molar-refractivity contribution in [3.8, 4) is 0 Å². The molecule has 3 nitrogen and oxygen atoms in total. The Labute approximate surface area is 105 Å². The van der Waals surface area contributed by atoms with E-state index in [0.29, 0.717) is 10.2 Å². The Kier molecular flexibility index (Phi) is 4.68. The first-order valence-electron chi connectivity index (χ1n) is 4.53. The number of aliphatic imine (C=N–C) groups is 1. The predicted octanol–water partition coefficient (Wildman–Crippen LogP) is 2.89. The molecule has 1 aromatic heterocycles. The first-order valence-corrected chi connectivity index (χ1v) is 5.32. The van der Waals surface area contributed by atoms with Crippen molar-refractivity contribution < 1.29 is 13.2 Å². The van der Waals surface area contributed by atoms with E-state index >= 15 is 0 Å². The van der Waals surface area contributed by atoms with Gasteiger partial charge in [0.15, 0.2) is 0 Å². The minimum absolute atomic E-state index is 0.0809. The van der Waals surface area contributed by atoms with Gasteiger partial charge in [-0.2, -0.15) is 13.2 Å². The molecule has 1 rings (SSSR count). The van der Waals surface area contributed by atoms with E-state index in [9.17, 15) is 13.2 Å². The summed E-state index contributed by atoms with van der Waals surface area (Å²) in [7, 11) is 0. The van der Waals surface area contributed by atoms with Crippen molar-refractivity contribution in [2.24, 2.45) is 4.99 Å². The molecule has 0 saturated heterocycles. The van der Waals surface area contributed by atoms with E-state index in [1.54, 1.807) is 12.1 Å². The largest absolute Gasteiger partial charge is 0.408 e. The molecular weight excluding hydrogens is 299 g/mol. The number of hydrogen-bond donors (Lipinski definition) is 1. The molecule has 1 heterocycles. The van der Waals surface area contributed by atoms with Gasteiger partial charge in [0.2, 0.25) is 0 Å². The molecule has 0 unspecified atom stereocenters. The molecule has 0 fully saturated rings. The van der Waals surface area contributed by atoms with Gasteiger partial charge in [0.05, 0.1) is 0 Å². The van der Waals surface area contributed by atoms with Crippen LogP contribution in [0.5, 0.6) is 0 Å². The summed E-state index contributed by atoms with van der Waals surface area (Å²) in [6, 6.07) is 3.21. The first-order chi connectivity index (χ1) is 7.92. The van der Waals surface area contributed by atoms with Crippen LogP contribution in [0, 0.1) is 0 Å². The van der Waals surface area contributed by atoms with Crippen LogP contribution in [0.4, 0.5) is 13.2 Å². The SMILES string of the molecule is C=CNC(=NCC(F)(F)F)c1ccc(Br)nc1. The molecule has 1 N–H and O–H groups in total. The topological polar surface area (TPSA) is 37.3 Å². The second-order valence-electron chi connectivity index (χ2n) is 3.00. The number of hydrogen-bond acceptors (Lipinski definition) is 2. The van der Waals surface area contributed by atoms with E-state index in [4.69, 9.17) is 0 Å². The standard InChI is InChI=1S/C10H9BrF3N3/c1-2-15-9(17-6-10(12,13)14)7-3-4-8(11)16-5-7/h2-5H,1,6H2,(H,15,17). The van der Waals surface area contributed by atoms with Crippen LogP contribution in [-0.4, -0.2) is 23.5 Å². The van der Waals surface area contributed by atoms with Gasteiger partial charge in [-0.15, -0.1) is 0 Å². The lowest BCUT2D eigenvalue weighted by Crippen LogP contribution is -2.22. The lowest BCUT2D eigenvalue weighted by atomic mass is 10.2. The third-order valence-corrected chi connectivity index (χ3v) is 2.13. The third-order valence-electron chi connectivity index (χ3n) is 1.66. The van der Waals surface area contributed by atoms with Gasteiger partial charge in [-0.3, -0.25) is 4.99 Å². The van der Waals surface area contributed by atoms with Gasteiger partial charge in [-0.25, -0.2) is 4.98 Å². The number of amidine groups is 1. The van der Waals surface area contributed by atoms with Crippen molar-refractivity contribution in [2.75, 3.05) is 6.54 Å². The highest BCUT2D eigenvalue weighted by Crippen LogP contribution is 2.15. The Morgan fingerprint density at radius 3 is 2.71 bits per heavy atom. The first kappa shape index (κ1) is 13.7. The molecule has 0 aliphatic heterocycles. The highest BCUT2D eigenvalue weighted by molar-refractivity contribution is 9.10. The van der Waals surface area contributed by atoms with Crippen LogP contribution in [0.1, 0.15) is 5.56 Å². The third kappa shape index (κ3) is 4.99. The van der Waals surface area contributed by atoms with Crippen LogP contribution in [0.15, 0.2) is 40.7 Å². The summed E-state index contributed by atoms with van der Waals surface area (Å²) in [6.45, 7) is 2.13. The second-order valence-corrected chi connectivity index (χ2v) is 3.81. The minimum atomic E-state index is -4.34. The maximum atomic E-state index is 12.1. The van der Waals surface area contributed by atoms with Crippen LogP contribution >= 0.6 is 15.9 Å². The van der Waals surface area contributed by atoms with Crippen LogP contribution < -0.4 is 5.32 Å². The van der Waals surface area contributed by atoms with Crippen LogP contribution in [0.25, 0.3) is 0 Å². The number of aromatic nitrogens is 1. The molecule has 0 amide bonds. The smallest absolute Gasteiger partial charge is 0.347 e. The predicted molar refractivity (Wildman–Crippen MR) is 62.7 cm³/mol. The number of halogens is 4. The average molecular weight is 308 g/mol. The van der Waals surface area contributed by atoms with E-state index in [1.165, 1.54) is 12.4 Å². The van der Waals surface area contributed by atoms with Gasteiger partial charge in [0.25, 0.3) is 0 Å². The van der Waals surface area contributed by atoms with Crippen molar-refractivity contribution in [1.29, 1.82) is 0 Å². The zero-order valence-electron chi connectivity index (χ0n) is 8.63. The Morgan fingerprint density at radius 2 is 2.24 bits per heavy atom. The monoisotopic (exact) mass is 307 g/mol. The maximum Gasteiger partial charge on any atom is 0.408 e. The number of rotatable bonds is 3. The molecule has 0 saturated carbocycles. The molecule has 92 valence electrons. The van der Waals surface area contributed by atoms with Gasteiger partial charge in [-0.1, -0.05) is 6.58 Å². The molecule has 1 aromatic rings. The number of nitrogens with zero attached hydrogens (tertiary/aromatic N) is 2. The lowest BCUT2D eigenvalue weighted by Gasteiger charge is -2.08. The van der Waals surface area contributed by atoms with Gasteiger partial charge < -0.3 is 5.32 Å². The maximum absolute atomic E-state index is 12.1. The van der Waals surface area contributed by atoms with Crippen LogP contribution in [0.2, 0.25) is 0 Å². The molecule has 0 atom stereocenters. The van der Waals surface area contributed by atoms with Gasteiger partial charge in [-0.05, 0) is 34.3 Å². The molecule has 0 aliphatic carbocycles. The van der Waals surface area contributed by atoms with E-state index in [1.807, 2.05) is 0 Å². The molecule has 0 aliphatic rings. The summed E-state index contributed by atoms with van der Waals surface area (Å²) in [5.74, 6) is 0.0809. The molecule has 17 heavy (non-hydrogen) atoms. The highest BCUT2D eigenvalue weighted by Gasteiger charge is 2.26. The van der Waals surface area contributed by atoms with Crippen molar-refractivity contribution >= 4 is 21.8 Å². The quantitative estimate of drug-likeness (QED) is 0.530. The molecule has 0 radical (unpaired) electrons. The van der Waals surface area contributed by atoms with E-state index in [2.05, 4.69) is 37.8 Å². The lowest BCUT2D eigenvalue weighted by molar-refractivity contribution is -0.118. The van der Waals surface area contributed by atoms with Crippen molar-refractivity contribution in [1.82, 2.24) is 10.3 Å². The Morgan fingerprint density at radius 1 is 1.53 bits per heavy atom. The average Bonchev–Trinajstić information content (AvgIpc) is 2.24. The molecular formula is C10H9BrF3N3. The number of pyridine rings is 1. The zero-order valence-corrected chi connectivity index (χ0v) is 10.2. The van der Waals surface area contributed by atoms with Gasteiger partial charge >= 0.3 is 6.18 Å². The molecule has 0 aromatic carbocycles.